The lowest BCUT2D eigenvalue weighted by molar-refractivity contribution is 0.414. The first-order valence-electron chi connectivity index (χ1n) is 6.44. The average Bonchev–Trinajstić information content (AvgIpc) is 3.19. The quantitative estimate of drug-likeness (QED) is 0.882. The second-order valence-electron chi connectivity index (χ2n) is 4.43. The van der Waals surface area contributed by atoms with Gasteiger partial charge in [-0.3, -0.25) is 4.98 Å². The summed E-state index contributed by atoms with van der Waals surface area (Å²) in [4.78, 5) is 4.14. The van der Waals surface area contributed by atoms with Crippen molar-refractivity contribution in [3.8, 4) is 5.75 Å². The number of benzene rings is 1. The van der Waals surface area contributed by atoms with E-state index in [2.05, 4.69) is 11.1 Å². The number of aromatic nitrogens is 1. The summed E-state index contributed by atoms with van der Waals surface area (Å²) in [6.07, 6.45) is 5.77. The minimum absolute atomic E-state index is 0.145. The van der Waals surface area contributed by atoms with Gasteiger partial charge in [0, 0.05) is 23.3 Å². The lowest BCUT2D eigenvalue weighted by Gasteiger charge is -2.14. The number of nitrogens with zero attached hydrogens (tertiary/aromatic N) is 1. The van der Waals surface area contributed by atoms with E-state index in [0.717, 1.165) is 24.0 Å². The highest BCUT2D eigenvalue weighted by Crippen LogP contribution is 2.46. The van der Waals surface area contributed by atoms with Crippen LogP contribution in [0.1, 0.15) is 32.3 Å². The molecule has 0 radical (unpaired) electrons. The molecule has 1 aromatic carbocycles. The summed E-state index contributed by atoms with van der Waals surface area (Å²) in [7, 11) is 1.68. The molecule has 0 amide bonds. The summed E-state index contributed by atoms with van der Waals surface area (Å²) < 4.78 is 5.30. The third-order valence-electron chi connectivity index (χ3n) is 3.29. The number of rotatable bonds is 2. The van der Waals surface area contributed by atoms with E-state index in [-0.39, 0.29) is 5.54 Å². The van der Waals surface area contributed by atoms with Crippen molar-refractivity contribution >= 4 is 10.8 Å². The summed E-state index contributed by atoms with van der Waals surface area (Å²) >= 11 is 0. The SMILES string of the molecule is CC.COc1cc(C2(N)CC2)c2ccncc2c1. The Hall–Kier alpha value is -1.61. The maximum atomic E-state index is 6.28. The Kier molecular flexibility index (Phi) is 3.53. The molecule has 0 bridgehead atoms. The van der Waals surface area contributed by atoms with Crippen LogP contribution < -0.4 is 10.5 Å². The fourth-order valence-corrected chi connectivity index (χ4v) is 2.12. The van der Waals surface area contributed by atoms with E-state index in [4.69, 9.17) is 10.5 Å². The molecule has 2 N–H and O–H groups in total. The van der Waals surface area contributed by atoms with Crippen LogP contribution >= 0.6 is 0 Å². The minimum atomic E-state index is -0.145. The lowest BCUT2D eigenvalue weighted by Crippen LogP contribution is -2.19. The number of nitrogens with two attached hydrogens (primary N) is 1. The normalized spacial score (nSPS) is 15.8. The van der Waals surface area contributed by atoms with Crippen LogP contribution in [0.25, 0.3) is 10.8 Å². The van der Waals surface area contributed by atoms with Crippen LogP contribution in [0, 0.1) is 0 Å². The number of hydrogen-bond acceptors (Lipinski definition) is 3. The topological polar surface area (TPSA) is 48.1 Å². The Morgan fingerprint density at radius 3 is 2.61 bits per heavy atom. The lowest BCUT2D eigenvalue weighted by atomic mass is 9.98. The molecule has 1 heterocycles. The number of fused-ring (bicyclic) bond motifs is 1. The zero-order valence-electron chi connectivity index (χ0n) is 11.2. The zero-order valence-corrected chi connectivity index (χ0v) is 11.2. The second kappa shape index (κ2) is 4.94. The van der Waals surface area contributed by atoms with Gasteiger partial charge >= 0.3 is 0 Å². The number of ether oxygens (including phenoxy) is 1. The van der Waals surface area contributed by atoms with Crippen molar-refractivity contribution in [2.45, 2.75) is 32.2 Å². The second-order valence-corrected chi connectivity index (χ2v) is 4.43. The van der Waals surface area contributed by atoms with E-state index in [1.807, 2.05) is 38.4 Å². The predicted molar refractivity (Wildman–Crippen MR) is 74.7 cm³/mol. The summed E-state index contributed by atoms with van der Waals surface area (Å²) in [6.45, 7) is 4.00. The first-order chi connectivity index (χ1) is 8.73. The van der Waals surface area contributed by atoms with Crippen molar-refractivity contribution in [2.24, 2.45) is 5.73 Å². The number of hydrogen-bond donors (Lipinski definition) is 1. The molecule has 3 heteroatoms. The van der Waals surface area contributed by atoms with Crippen molar-refractivity contribution < 1.29 is 4.74 Å². The molecule has 3 rings (SSSR count). The van der Waals surface area contributed by atoms with Crippen molar-refractivity contribution in [2.75, 3.05) is 7.11 Å². The van der Waals surface area contributed by atoms with Crippen LogP contribution in [-0.4, -0.2) is 12.1 Å². The molecule has 1 aromatic heterocycles. The maximum Gasteiger partial charge on any atom is 0.119 e. The Morgan fingerprint density at radius 2 is 2.00 bits per heavy atom. The van der Waals surface area contributed by atoms with Crippen molar-refractivity contribution in [3.05, 3.63) is 36.2 Å². The average molecular weight is 244 g/mol. The molecular weight excluding hydrogens is 224 g/mol. The van der Waals surface area contributed by atoms with E-state index in [1.165, 1.54) is 10.9 Å². The molecule has 1 fully saturated rings. The van der Waals surface area contributed by atoms with E-state index >= 15 is 0 Å². The predicted octanol–water partition coefficient (Wildman–Crippen LogP) is 3.22. The smallest absolute Gasteiger partial charge is 0.119 e. The summed E-state index contributed by atoms with van der Waals surface area (Å²) in [5.41, 5.74) is 7.32. The van der Waals surface area contributed by atoms with E-state index in [0.29, 0.717) is 0 Å². The monoisotopic (exact) mass is 244 g/mol. The Labute approximate surface area is 108 Å². The summed E-state index contributed by atoms with van der Waals surface area (Å²) in [5, 5.41) is 2.28. The molecule has 0 atom stereocenters. The summed E-state index contributed by atoms with van der Waals surface area (Å²) in [6, 6.07) is 6.07. The highest BCUT2D eigenvalue weighted by Gasteiger charge is 2.41. The molecule has 3 nitrogen and oxygen atoms in total. The highest BCUT2D eigenvalue weighted by atomic mass is 16.5. The van der Waals surface area contributed by atoms with Gasteiger partial charge in [0.1, 0.15) is 5.75 Å². The minimum Gasteiger partial charge on any atom is -0.497 e. The third-order valence-corrected chi connectivity index (χ3v) is 3.29. The van der Waals surface area contributed by atoms with Crippen LogP contribution in [0.5, 0.6) is 5.75 Å². The third kappa shape index (κ3) is 2.18. The van der Waals surface area contributed by atoms with E-state index in [1.54, 1.807) is 7.11 Å². The van der Waals surface area contributed by atoms with Crippen LogP contribution in [0.4, 0.5) is 0 Å². The number of methoxy groups -OCH3 is 1. The van der Waals surface area contributed by atoms with Gasteiger partial charge in [-0.15, -0.1) is 0 Å². The van der Waals surface area contributed by atoms with Gasteiger partial charge in [0.2, 0.25) is 0 Å². The Balaban J connectivity index is 0.000000574. The van der Waals surface area contributed by atoms with Crippen molar-refractivity contribution in [1.82, 2.24) is 4.98 Å². The molecule has 0 spiro atoms. The zero-order chi connectivity index (χ0) is 13.2. The molecule has 1 saturated carbocycles. The molecular formula is C15H20N2O. The fourth-order valence-electron chi connectivity index (χ4n) is 2.12. The largest absolute Gasteiger partial charge is 0.497 e. The molecule has 1 aliphatic carbocycles. The first-order valence-corrected chi connectivity index (χ1v) is 6.44. The Morgan fingerprint density at radius 1 is 1.28 bits per heavy atom. The van der Waals surface area contributed by atoms with E-state index < -0.39 is 0 Å². The van der Waals surface area contributed by atoms with Crippen molar-refractivity contribution in [3.63, 3.8) is 0 Å². The van der Waals surface area contributed by atoms with Gasteiger partial charge in [0.05, 0.1) is 7.11 Å². The molecule has 2 aromatic rings. The van der Waals surface area contributed by atoms with Crippen molar-refractivity contribution in [1.29, 1.82) is 0 Å². The van der Waals surface area contributed by atoms with E-state index in [9.17, 15) is 0 Å². The van der Waals surface area contributed by atoms with Crippen LogP contribution in [0.2, 0.25) is 0 Å². The highest BCUT2D eigenvalue weighted by molar-refractivity contribution is 5.87. The standard InChI is InChI=1S/C13H14N2O.C2H6/c1-16-10-6-9-8-15-5-2-11(9)12(7-10)13(14)3-4-13;1-2/h2,5-8H,3-4,14H2,1H3;1-2H3. The molecule has 96 valence electrons. The van der Waals surface area contributed by atoms with Gasteiger partial charge in [0.25, 0.3) is 0 Å². The molecule has 0 saturated heterocycles. The maximum absolute atomic E-state index is 6.28. The summed E-state index contributed by atoms with van der Waals surface area (Å²) in [5.74, 6) is 0.854. The molecule has 18 heavy (non-hydrogen) atoms. The molecule has 0 aliphatic heterocycles. The first kappa shape index (κ1) is 12.8. The fraction of sp³-hybridized carbons (Fsp3) is 0.400. The molecule has 1 aliphatic rings. The van der Waals surface area contributed by atoms with Gasteiger partial charge < -0.3 is 10.5 Å². The van der Waals surface area contributed by atoms with Gasteiger partial charge in [-0.25, -0.2) is 0 Å². The van der Waals surface area contributed by atoms with Crippen LogP contribution in [0.3, 0.4) is 0 Å². The van der Waals surface area contributed by atoms with Gasteiger partial charge in [0.15, 0.2) is 0 Å². The van der Waals surface area contributed by atoms with Crippen LogP contribution in [-0.2, 0) is 5.54 Å². The number of pyridine rings is 1. The molecule has 0 unspecified atom stereocenters. The Bertz CT molecular complexity index is 547. The van der Waals surface area contributed by atoms with Crippen LogP contribution in [0.15, 0.2) is 30.6 Å². The van der Waals surface area contributed by atoms with Gasteiger partial charge in [-0.2, -0.15) is 0 Å². The van der Waals surface area contributed by atoms with Gasteiger partial charge in [-0.1, -0.05) is 13.8 Å². The van der Waals surface area contributed by atoms with Gasteiger partial charge in [-0.05, 0) is 42.0 Å².